The summed E-state index contributed by atoms with van der Waals surface area (Å²) in [6.45, 7) is 5.67. The minimum Gasteiger partial charge on any atom is -0.397 e. The standard InChI is InChI=1S/C28H35FN8O2/c1-35-13-15-36(16-14-35)11-4-12-37(28(39)33-21-8-9-23(30)22(29)17-21)19-20-7-10-26(32-18-20)27(38)34-25-6-3-2-5-24(25)31/h2-3,5-10,17-18H,4,11-16,19,30-31H2,1H3,(H,33,39)(H,34,38). The number of nitrogens with two attached hydrogens (primary N) is 2. The van der Waals surface area contributed by atoms with E-state index >= 15 is 0 Å². The Balaban J connectivity index is 1.41. The number of nitrogen functional groups attached to an aromatic ring is 2. The molecule has 3 amide bonds. The molecule has 2 aromatic carbocycles. The van der Waals surface area contributed by atoms with Crippen molar-refractivity contribution in [2.24, 2.45) is 0 Å². The van der Waals surface area contributed by atoms with Crippen LogP contribution in [0.3, 0.4) is 0 Å². The normalized spacial score (nSPS) is 14.1. The van der Waals surface area contributed by atoms with E-state index in [0.29, 0.717) is 23.6 Å². The second kappa shape index (κ2) is 13.0. The average molecular weight is 535 g/mol. The number of benzene rings is 2. The Morgan fingerprint density at radius 1 is 1.00 bits per heavy atom. The van der Waals surface area contributed by atoms with Crippen LogP contribution in [-0.4, -0.2) is 77.9 Å². The third-order valence-electron chi connectivity index (χ3n) is 6.68. The van der Waals surface area contributed by atoms with E-state index in [4.69, 9.17) is 11.5 Å². The van der Waals surface area contributed by atoms with Crippen molar-refractivity contribution in [2.45, 2.75) is 13.0 Å². The number of aromatic nitrogens is 1. The van der Waals surface area contributed by atoms with Crippen molar-refractivity contribution in [1.82, 2.24) is 19.7 Å². The maximum Gasteiger partial charge on any atom is 0.322 e. The molecule has 1 aromatic heterocycles. The molecule has 206 valence electrons. The number of nitrogens with one attached hydrogen (secondary N) is 2. The fourth-order valence-corrected chi connectivity index (χ4v) is 4.29. The van der Waals surface area contributed by atoms with Gasteiger partial charge in [-0.1, -0.05) is 18.2 Å². The van der Waals surface area contributed by atoms with Crippen LogP contribution in [0.25, 0.3) is 0 Å². The minimum atomic E-state index is -0.593. The van der Waals surface area contributed by atoms with Crippen LogP contribution in [0, 0.1) is 5.82 Å². The molecule has 0 bridgehead atoms. The maximum absolute atomic E-state index is 13.9. The molecular weight excluding hydrogens is 499 g/mol. The number of carbonyl (C=O) groups excluding carboxylic acids is 2. The second-order valence-corrected chi connectivity index (χ2v) is 9.68. The Morgan fingerprint density at radius 3 is 2.46 bits per heavy atom. The van der Waals surface area contributed by atoms with E-state index in [2.05, 4.69) is 32.5 Å². The van der Waals surface area contributed by atoms with E-state index in [0.717, 1.165) is 44.7 Å². The van der Waals surface area contributed by atoms with E-state index in [-0.39, 0.29) is 29.9 Å². The molecule has 0 saturated carbocycles. The fourth-order valence-electron chi connectivity index (χ4n) is 4.29. The van der Waals surface area contributed by atoms with Crippen LogP contribution < -0.4 is 22.1 Å². The van der Waals surface area contributed by atoms with Crippen LogP contribution in [-0.2, 0) is 6.54 Å². The van der Waals surface area contributed by atoms with E-state index in [1.807, 2.05) is 0 Å². The molecule has 11 heteroatoms. The number of para-hydroxylation sites is 2. The molecule has 1 aliphatic heterocycles. The quantitative estimate of drug-likeness (QED) is 0.310. The summed E-state index contributed by atoms with van der Waals surface area (Å²) in [5.41, 5.74) is 13.8. The van der Waals surface area contributed by atoms with Gasteiger partial charge in [0.05, 0.1) is 17.1 Å². The highest BCUT2D eigenvalue weighted by Gasteiger charge is 2.18. The predicted octanol–water partition coefficient (Wildman–Crippen LogP) is 3.31. The number of amides is 3. The summed E-state index contributed by atoms with van der Waals surface area (Å²) in [7, 11) is 2.11. The first-order valence-electron chi connectivity index (χ1n) is 12.9. The first-order valence-corrected chi connectivity index (χ1v) is 12.9. The number of nitrogens with zero attached hydrogens (tertiary/aromatic N) is 4. The van der Waals surface area contributed by atoms with E-state index in [1.165, 1.54) is 12.1 Å². The van der Waals surface area contributed by atoms with Gasteiger partial charge in [-0.05, 0) is 62.0 Å². The zero-order chi connectivity index (χ0) is 27.8. The molecule has 6 N–H and O–H groups in total. The molecule has 1 fully saturated rings. The average Bonchev–Trinajstić information content (AvgIpc) is 2.93. The minimum absolute atomic E-state index is 0.0159. The first-order chi connectivity index (χ1) is 18.8. The summed E-state index contributed by atoms with van der Waals surface area (Å²) in [5.74, 6) is -0.976. The van der Waals surface area contributed by atoms with E-state index < -0.39 is 5.82 Å². The van der Waals surface area contributed by atoms with Gasteiger partial charge in [0.2, 0.25) is 0 Å². The van der Waals surface area contributed by atoms with Crippen molar-refractivity contribution in [2.75, 3.05) is 68.4 Å². The van der Waals surface area contributed by atoms with E-state index in [1.54, 1.807) is 53.6 Å². The lowest BCUT2D eigenvalue weighted by molar-refractivity contribution is 0.102. The first kappa shape index (κ1) is 27.8. The zero-order valence-electron chi connectivity index (χ0n) is 22.1. The molecule has 0 spiro atoms. The number of anilines is 4. The summed E-state index contributed by atoms with van der Waals surface area (Å²) >= 11 is 0. The van der Waals surface area contributed by atoms with Crippen molar-refractivity contribution >= 4 is 34.7 Å². The van der Waals surface area contributed by atoms with Gasteiger partial charge in [-0.15, -0.1) is 0 Å². The fraction of sp³-hybridized carbons (Fsp3) is 0.321. The molecule has 0 unspecified atom stereocenters. The van der Waals surface area contributed by atoms with Crippen molar-refractivity contribution in [3.8, 4) is 0 Å². The van der Waals surface area contributed by atoms with Gasteiger partial charge in [0.15, 0.2) is 0 Å². The number of hydrogen-bond donors (Lipinski definition) is 4. The van der Waals surface area contributed by atoms with Gasteiger partial charge in [-0.25, -0.2) is 9.18 Å². The third-order valence-corrected chi connectivity index (χ3v) is 6.68. The molecule has 1 aliphatic rings. The molecule has 10 nitrogen and oxygen atoms in total. The monoisotopic (exact) mass is 534 g/mol. The molecule has 1 saturated heterocycles. The largest absolute Gasteiger partial charge is 0.397 e. The van der Waals surface area contributed by atoms with Crippen molar-refractivity contribution in [3.63, 3.8) is 0 Å². The predicted molar refractivity (Wildman–Crippen MR) is 152 cm³/mol. The highest BCUT2D eigenvalue weighted by molar-refractivity contribution is 6.04. The number of rotatable bonds is 9. The van der Waals surface area contributed by atoms with Gasteiger partial charge in [0, 0.05) is 51.2 Å². The Labute approximate surface area is 227 Å². The Morgan fingerprint density at radius 2 is 1.77 bits per heavy atom. The SMILES string of the molecule is CN1CCN(CCCN(Cc2ccc(C(=O)Nc3ccccc3N)nc2)C(=O)Nc2ccc(N)c(F)c2)CC1. The third kappa shape index (κ3) is 7.88. The number of halogens is 1. The number of piperazine rings is 1. The molecule has 0 atom stereocenters. The Kier molecular flexibility index (Phi) is 9.29. The zero-order valence-corrected chi connectivity index (χ0v) is 22.1. The summed E-state index contributed by atoms with van der Waals surface area (Å²) in [6, 6.07) is 14.2. The Bertz CT molecular complexity index is 1280. The highest BCUT2D eigenvalue weighted by Crippen LogP contribution is 2.19. The van der Waals surface area contributed by atoms with Crippen molar-refractivity contribution < 1.29 is 14.0 Å². The van der Waals surface area contributed by atoms with Crippen LogP contribution in [0.15, 0.2) is 60.8 Å². The lowest BCUT2D eigenvalue weighted by Crippen LogP contribution is -2.45. The van der Waals surface area contributed by atoms with Crippen LogP contribution >= 0.6 is 0 Å². The number of carbonyl (C=O) groups is 2. The number of urea groups is 1. The number of hydrogen-bond acceptors (Lipinski definition) is 7. The molecule has 4 rings (SSSR count). The summed E-state index contributed by atoms with van der Waals surface area (Å²) in [5, 5.41) is 5.52. The van der Waals surface area contributed by atoms with Gasteiger partial charge in [-0.2, -0.15) is 0 Å². The second-order valence-electron chi connectivity index (χ2n) is 9.68. The van der Waals surface area contributed by atoms with Gasteiger partial charge in [0.1, 0.15) is 11.5 Å². The van der Waals surface area contributed by atoms with Gasteiger partial charge < -0.3 is 36.8 Å². The smallest absolute Gasteiger partial charge is 0.322 e. The van der Waals surface area contributed by atoms with Gasteiger partial charge in [0.25, 0.3) is 5.91 Å². The van der Waals surface area contributed by atoms with E-state index in [9.17, 15) is 14.0 Å². The van der Waals surface area contributed by atoms with Crippen molar-refractivity contribution in [1.29, 1.82) is 0 Å². The summed E-state index contributed by atoms with van der Waals surface area (Å²) in [4.78, 5) is 36.5. The van der Waals surface area contributed by atoms with Crippen LogP contribution in [0.1, 0.15) is 22.5 Å². The molecule has 3 aromatic rings. The number of likely N-dealkylation sites (N-methyl/N-ethyl adjacent to an activating group) is 1. The van der Waals surface area contributed by atoms with Crippen LogP contribution in [0.2, 0.25) is 0 Å². The molecule has 0 radical (unpaired) electrons. The molecule has 2 heterocycles. The summed E-state index contributed by atoms with van der Waals surface area (Å²) < 4.78 is 13.9. The van der Waals surface area contributed by atoms with Gasteiger partial charge >= 0.3 is 6.03 Å². The molecular formula is C28H35FN8O2. The number of pyridine rings is 1. The van der Waals surface area contributed by atoms with Gasteiger partial charge in [-0.3, -0.25) is 9.78 Å². The van der Waals surface area contributed by atoms with Crippen LogP contribution in [0.4, 0.5) is 31.9 Å². The lowest BCUT2D eigenvalue weighted by atomic mass is 10.2. The summed E-state index contributed by atoms with van der Waals surface area (Å²) in [6.07, 6.45) is 2.35. The highest BCUT2D eigenvalue weighted by atomic mass is 19.1. The van der Waals surface area contributed by atoms with Crippen molar-refractivity contribution in [3.05, 3.63) is 77.9 Å². The molecule has 39 heavy (non-hydrogen) atoms. The topological polar surface area (TPSA) is 133 Å². The molecule has 0 aliphatic carbocycles. The maximum atomic E-state index is 13.9. The van der Waals surface area contributed by atoms with Crippen LogP contribution in [0.5, 0.6) is 0 Å². The Hall–Kier alpha value is -4.22. The lowest BCUT2D eigenvalue weighted by Gasteiger charge is -2.33.